The molecule has 2 aromatic rings. The number of imidazole rings is 1. The highest BCUT2D eigenvalue weighted by Crippen LogP contribution is 2.35. The summed E-state index contributed by atoms with van der Waals surface area (Å²) < 4.78 is 3.44. The van der Waals surface area contributed by atoms with Crippen molar-refractivity contribution >= 4 is 50.3 Å². The third-order valence-corrected chi connectivity index (χ3v) is 5.14. The molecule has 1 aliphatic heterocycles. The minimum Gasteiger partial charge on any atom is -0.323 e. The summed E-state index contributed by atoms with van der Waals surface area (Å²) in [6.45, 7) is 2.00. The first-order valence-corrected chi connectivity index (χ1v) is 8.44. The summed E-state index contributed by atoms with van der Waals surface area (Å²) >= 11 is 11.8. The first-order valence-electron chi connectivity index (χ1n) is 6.06. The van der Waals surface area contributed by atoms with Gasteiger partial charge in [0.1, 0.15) is 5.82 Å². The molecule has 1 aromatic heterocycles. The topological polar surface area (TPSA) is 17.8 Å². The maximum absolute atomic E-state index is 6.30. The van der Waals surface area contributed by atoms with Gasteiger partial charge < -0.3 is 4.57 Å². The van der Waals surface area contributed by atoms with Gasteiger partial charge in [-0.25, -0.2) is 4.98 Å². The molecule has 2 heterocycles. The van der Waals surface area contributed by atoms with E-state index >= 15 is 0 Å². The van der Waals surface area contributed by atoms with Crippen molar-refractivity contribution in [2.75, 3.05) is 11.5 Å². The van der Waals surface area contributed by atoms with Crippen LogP contribution in [-0.4, -0.2) is 21.1 Å². The van der Waals surface area contributed by atoms with Crippen LogP contribution in [0.5, 0.6) is 0 Å². The standard InChI is InChI=1S/C13H14BrClN2S/c1-8(15)13-16-11-3-2-9(14)6-12(11)17(13)10-4-5-18-7-10/h2-3,6,8,10H,4-5,7H2,1H3. The Morgan fingerprint density at radius 1 is 1.56 bits per heavy atom. The summed E-state index contributed by atoms with van der Waals surface area (Å²) in [4.78, 5) is 4.70. The number of halogens is 2. The fraction of sp³-hybridized carbons (Fsp3) is 0.462. The van der Waals surface area contributed by atoms with E-state index in [9.17, 15) is 0 Å². The van der Waals surface area contributed by atoms with Crippen LogP contribution in [0.3, 0.4) is 0 Å². The molecular weight excluding hydrogens is 332 g/mol. The summed E-state index contributed by atoms with van der Waals surface area (Å²) in [6.07, 6.45) is 1.21. The quantitative estimate of drug-likeness (QED) is 0.729. The third-order valence-electron chi connectivity index (χ3n) is 3.31. The molecule has 0 amide bonds. The summed E-state index contributed by atoms with van der Waals surface area (Å²) in [7, 11) is 0. The maximum Gasteiger partial charge on any atom is 0.127 e. The average Bonchev–Trinajstić information content (AvgIpc) is 2.93. The number of hydrogen-bond donors (Lipinski definition) is 0. The van der Waals surface area contributed by atoms with Crippen molar-refractivity contribution in [1.82, 2.24) is 9.55 Å². The number of thioether (sulfide) groups is 1. The van der Waals surface area contributed by atoms with Gasteiger partial charge in [0.2, 0.25) is 0 Å². The van der Waals surface area contributed by atoms with E-state index in [1.807, 2.05) is 24.8 Å². The van der Waals surface area contributed by atoms with E-state index < -0.39 is 0 Å². The Labute approximate surface area is 124 Å². The van der Waals surface area contributed by atoms with E-state index in [4.69, 9.17) is 16.6 Å². The van der Waals surface area contributed by atoms with Crippen LogP contribution in [-0.2, 0) is 0 Å². The predicted octanol–water partition coefficient (Wildman–Crippen LogP) is 4.78. The lowest BCUT2D eigenvalue weighted by atomic mass is 10.2. The first kappa shape index (κ1) is 12.8. The summed E-state index contributed by atoms with van der Waals surface area (Å²) in [5, 5.41) is -0.0539. The highest BCUT2D eigenvalue weighted by Gasteiger charge is 2.24. The van der Waals surface area contributed by atoms with Crippen LogP contribution >= 0.6 is 39.3 Å². The lowest BCUT2D eigenvalue weighted by Crippen LogP contribution is -2.12. The summed E-state index contributed by atoms with van der Waals surface area (Å²) in [5.41, 5.74) is 2.23. The average molecular weight is 346 g/mol. The molecule has 5 heteroatoms. The molecule has 96 valence electrons. The van der Waals surface area contributed by atoms with E-state index in [0.717, 1.165) is 21.6 Å². The van der Waals surface area contributed by atoms with Gasteiger partial charge in [0, 0.05) is 16.3 Å². The Balaban J connectivity index is 2.22. The Bertz CT molecular complexity index is 576. The molecular formula is C13H14BrClN2S. The van der Waals surface area contributed by atoms with Gasteiger partial charge in [-0.15, -0.1) is 11.6 Å². The number of nitrogens with zero attached hydrogens (tertiary/aromatic N) is 2. The number of hydrogen-bond acceptors (Lipinski definition) is 2. The lowest BCUT2D eigenvalue weighted by Gasteiger charge is -2.16. The van der Waals surface area contributed by atoms with E-state index in [2.05, 4.69) is 32.6 Å². The van der Waals surface area contributed by atoms with E-state index in [0.29, 0.717) is 6.04 Å². The number of rotatable bonds is 2. The molecule has 3 rings (SSSR count). The molecule has 1 aliphatic rings. The highest BCUT2D eigenvalue weighted by atomic mass is 79.9. The molecule has 0 bridgehead atoms. The number of benzene rings is 1. The predicted molar refractivity (Wildman–Crippen MR) is 82.7 cm³/mol. The minimum absolute atomic E-state index is 0.0539. The maximum atomic E-state index is 6.30. The van der Waals surface area contributed by atoms with Crippen molar-refractivity contribution in [3.05, 3.63) is 28.5 Å². The van der Waals surface area contributed by atoms with Gasteiger partial charge >= 0.3 is 0 Å². The van der Waals surface area contributed by atoms with Gasteiger partial charge in [-0.3, -0.25) is 0 Å². The lowest BCUT2D eigenvalue weighted by molar-refractivity contribution is 0.549. The number of fused-ring (bicyclic) bond motifs is 1. The smallest absolute Gasteiger partial charge is 0.127 e. The van der Waals surface area contributed by atoms with Crippen LogP contribution in [0.25, 0.3) is 11.0 Å². The minimum atomic E-state index is -0.0539. The monoisotopic (exact) mass is 344 g/mol. The van der Waals surface area contributed by atoms with Crippen LogP contribution in [0.15, 0.2) is 22.7 Å². The van der Waals surface area contributed by atoms with Gasteiger partial charge in [-0.1, -0.05) is 15.9 Å². The molecule has 2 unspecified atom stereocenters. The van der Waals surface area contributed by atoms with Gasteiger partial charge in [0.25, 0.3) is 0 Å². The van der Waals surface area contributed by atoms with Crippen molar-refractivity contribution in [2.45, 2.75) is 24.8 Å². The molecule has 0 N–H and O–H groups in total. The fourth-order valence-corrected chi connectivity index (χ4v) is 4.17. The van der Waals surface area contributed by atoms with Gasteiger partial charge in [0.15, 0.2) is 0 Å². The van der Waals surface area contributed by atoms with Gasteiger partial charge in [-0.05, 0) is 37.3 Å². The van der Waals surface area contributed by atoms with Gasteiger partial charge in [0.05, 0.1) is 16.4 Å². The molecule has 1 saturated heterocycles. The molecule has 1 fully saturated rings. The van der Waals surface area contributed by atoms with E-state index in [1.165, 1.54) is 17.7 Å². The second kappa shape index (κ2) is 5.06. The van der Waals surface area contributed by atoms with Crippen LogP contribution in [0.4, 0.5) is 0 Å². The van der Waals surface area contributed by atoms with Crippen LogP contribution in [0.1, 0.15) is 30.6 Å². The van der Waals surface area contributed by atoms with Crippen LogP contribution < -0.4 is 0 Å². The zero-order valence-corrected chi connectivity index (χ0v) is 13.2. The third kappa shape index (κ3) is 2.19. The summed E-state index contributed by atoms with van der Waals surface area (Å²) in [6, 6.07) is 6.77. The molecule has 2 nitrogen and oxygen atoms in total. The normalized spacial score (nSPS) is 21.6. The fourth-order valence-electron chi connectivity index (χ4n) is 2.47. The second-order valence-electron chi connectivity index (χ2n) is 4.61. The SMILES string of the molecule is CC(Cl)c1nc2ccc(Br)cc2n1C1CCSC1. The molecule has 0 spiro atoms. The zero-order valence-electron chi connectivity index (χ0n) is 10.1. The number of alkyl halides is 1. The molecule has 18 heavy (non-hydrogen) atoms. The zero-order chi connectivity index (χ0) is 12.7. The van der Waals surface area contributed by atoms with Crippen molar-refractivity contribution in [3.8, 4) is 0 Å². The Morgan fingerprint density at radius 2 is 2.39 bits per heavy atom. The molecule has 0 saturated carbocycles. The molecule has 1 aromatic carbocycles. The summed E-state index contributed by atoms with van der Waals surface area (Å²) in [5.74, 6) is 3.39. The molecule has 2 atom stereocenters. The number of aromatic nitrogens is 2. The Kier molecular flexibility index (Phi) is 3.61. The second-order valence-corrected chi connectivity index (χ2v) is 7.33. The largest absolute Gasteiger partial charge is 0.323 e. The van der Waals surface area contributed by atoms with Crippen molar-refractivity contribution in [3.63, 3.8) is 0 Å². The van der Waals surface area contributed by atoms with E-state index in [1.54, 1.807) is 0 Å². The highest BCUT2D eigenvalue weighted by molar-refractivity contribution is 9.10. The van der Waals surface area contributed by atoms with Crippen molar-refractivity contribution in [1.29, 1.82) is 0 Å². The Morgan fingerprint density at radius 3 is 3.06 bits per heavy atom. The van der Waals surface area contributed by atoms with Crippen LogP contribution in [0.2, 0.25) is 0 Å². The van der Waals surface area contributed by atoms with Crippen molar-refractivity contribution < 1.29 is 0 Å². The van der Waals surface area contributed by atoms with E-state index in [-0.39, 0.29) is 5.38 Å². The molecule has 0 aliphatic carbocycles. The van der Waals surface area contributed by atoms with Crippen molar-refractivity contribution in [2.24, 2.45) is 0 Å². The Hall–Kier alpha value is -0.190. The van der Waals surface area contributed by atoms with Crippen LogP contribution in [0, 0.1) is 0 Å². The first-order chi connectivity index (χ1) is 8.66. The van der Waals surface area contributed by atoms with Gasteiger partial charge in [-0.2, -0.15) is 11.8 Å². The molecule has 0 radical (unpaired) electrons.